The van der Waals surface area contributed by atoms with E-state index in [1.54, 1.807) is 22.7 Å². The van der Waals surface area contributed by atoms with Crippen molar-refractivity contribution in [3.8, 4) is 0 Å². The Bertz CT molecular complexity index is 453. The molecule has 2 aromatic heterocycles. The number of hydrogen-bond donors (Lipinski definition) is 1. The van der Waals surface area contributed by atoms with Crippen molar-refractivity contribution in [3.63, 3.8) is 0 Å². The Balaban J connectivity index is 2.07. The first-order valence-electron chi connectivity index (χ1n) is 5.38. The van der Waals surface area contributed by atoms with Crippen LogP contribution in [-0.2, 0) is 6.54 Å². The van der Waals surface area contributed by atoms with Gasteiger partial charge in [0.25, 0.3) is 0 Å². The van der Waals surface area contributed by atoms with E-state index in [0.717, 1.165) is 10.3 Å². The number of halogens is 1. The average Bonchev–Trinajstić information content (AvgIpc) is 2.91. The maximum Gasteiger partial charge on any atom is 0.0702 e. The minimum Gasteiger partial charge on any atom is -0.329 e. The molecule has 2 heterocycles. The molecule has 5 heteroatoms. The van der Waals surface area contributed by atoms with Crippen molar-refractivity contribution in [1.29, 1.82) is 0 Å². The molecule has 0 fully saturated rings. The Labute approximate surface area is 118 Å². The van der Waals surface area contributed by atoms with Gasteiger partial charge in [-0.2, -0.15) is 0 Å². The molecule has 0 saturated carbocycles. The Morgan fingerprint density at radius 2 is 2.24 bits per heavy atom. The molecule has 0 saturated heterocycles. The zero-order valence-electron chi connectivity index (χ0n) is 9.60. The number of rotatable bonds is 5. The predicted octanol–water partition coefficient (Wildman–Crippen LogP) is 3.70. The smallest absolute Gasteiger partial charge is 0.0702 e. The van der Waals surface area contributed by atoms with Crippen LogP contribution in [0.25, 0.3) is 0 Å². The first kappa shape index (κ1) is 13.2. The van der Waals surface area contributed by atoms with Crippen LogP contribution in [0.5, 0.6) is 0 Å². The first-order valence-corrected chi connectivity index (χ1v) is 7.87. The number of thiophene rings is 2. The molecule has 2 nitrogen and oxygen atoms in total. The zero-order chi connectivity index (χ0) is 12.3. The van der Waals surface area contributed by atoms with Gasteiger partial charge in [-0.05, 0) is 46.6 Å². The molecule has 0 aliphatic heterocycles. The lowest BCUT2D eigenvalue weighted by Crippen LogP contribution is -2.29. The third kappa shape index (κ3) is 3.39. The molecule has 2 aromatic rings. The molecule has 0 bridgehead atoms. The third-order valence-electron chi connectivity index (χ3n) is 2.66. The van der Waals surface area contributed by atoms with Gasteiger partial charge < -0.3 is 5.73 Å². The number of nitrogens with two attached hydrogens (primary N) is 1. The molecular weight excluding hydrogens is 316 g/mol. The maximum absolute atomic E-state index is 5.90. The van der Waals surface area contributed by atoms with E-state index in [4.69, 9.17) is 5.73 Å². The average molecular weight is 331 g/mol. The minimum atomic E-state index is 0.299. The van der Waals surface area contributed by atoms with Crippen LogP contribution in [0.2, 0.25) is 0 Å². The lowest BCUT2D eigenvalue weighted by molar-refractivity contribution is 0.247. The summed E-state index contributed by atoms with van der Waals surface area (Å²) in [6, 6.07) is 8.79. The summed E-state index contributed by atoms with van der Waals surface area (Å²) in [6.45, 7) is 1.60. The van der Waals surface area contributed by atoms with Crippen LogP contribution in [0.3, 0.4) is 0 Å². The van der Waals surface area contributed by atoms with Gasteiger partial charge in [-0.1, -0.05) is 6.07 Å². The van der Waals surface area contributed by atoms with Crippen LogP contribution in [-0.4, -0.2) is 18.5 Å². The zero-order valence-corrected chi connectivity index (χ0v) is 12.8. The Morgan fingerprint density at radius 3 is 2.76 bits per heavy atom. The fraction of sp³-hybridized carbons (Fsp3) is 0.333. The standard InChI is InChI=1S/C12H15BrN2S2/c1-15(8-9-3-2-6-16-9)10(7-14)11-4-5-12(13)17-11/h2-6,10H,7-8,14H2,1H3. The molecule has 17 heavy (non-hydrogen) atoms. The Hall–Kier alpha value is -0.200. The van der Waals surface area contributed by atoms with E-state index in [0.29, 0.717) is 12.6 Å². The van der Waals surface area contributed by atoms with Crippen molar-refractivity contribution < 1.29 is 0 Å². The van der Waals surface area contributed by atoms with Gasteiger partial charge in [0, 0.05) is 22.8 Å². The Kier molecular flexibility index (Phi) is 4.76. The number of hydrogen-bond acceptors (Lipinski definition) is 4. The summed E-state index contributed by atoms with van der Waals surface area (Å²) in [4.78, 5) is 5.00. The van der Waals surface area contributed by atoms with E-state index in [1.807, 2.05) is 0 Å². The molecule has 0 aliphatic carbocycles. The molecule has 2 rings (SSSR count). The second kappa shape index (κ2) is 6.11. The monoisotopic (exact) mass is 330 g/mol. The van der Waals surface area contributed by atoms with Gasteiger partial charge in [0.2, 0.25) is 0 Å². The highest BCUT2D eigenvalue weighted by molar-refractivity contribution is 9.11. The molecule has 1 unspecified atom stereocenters. The molecule has 0 radical (unpaired) electrons. The Morgan fingerprint density at radius 1 is 1.41 bits per heavy atom. The molecule has 0 aromatic carbocycles. The van der Waals surface area contributed by atoms with E-state index in [1.165, 1.54) is 9.75 Å². The first-order chi connectivity index (χ1) is 8.20. The lowest BCUT2D eigenvalue weighted by Gasteiger charge is -2.25. The number of likely N-dealkylation sites (N-methyl/N-ethyl adjacent to an activating group) is 1. The SMILES string of the molecule is CN(Cc1cccs1)C(CN)c1ccc(Br)s1. The second-order valence-corrected chi connectivity index (χ2v) is 7.41. The van der Waals surface area contributed by atoms with Crippen LogP contribution in [0, 0.1) is 0 Å². The summed E-state index contributed by atoms with van der Waals surface area (Å²) >= 11 is 7.05. The highest BCUT2D eigenvalue weighted by Gasteiger charge is 2.17. The molecule has 1 atom stereocenters. The van der Waals surface area contributed by atoms with Crippen LogP contribution in [0.4, 0.5) is 0 Å². The summed E-state index contributed by atoms with van der Waals surface area (Å²) in [5.41, 5.74) is 5.90. The van der Waals surface area contributed by atoms with Crippen molar-refractivity contribution in [2.24, 2.45) is 5.73 Å². The predicted molar refractivity (Wildman–Crippen MR) is 79.6 cm³/mol. The van der Waals surface area contributed by atoms with Crippen molar-refractivity contribution in [3.05, 3.63) is 43.2 Å². The van der Waals surface area contributed by atoms with E-state index in [2.05, 4.69) is 57.5 Å². The molecule has 2 N–H and O–H groups in total. The van der Waals surface area contributed by atoms with Gasteiger partial charge in [0.15, 0.2) is 0 Å². The summed E-state index contributed by atoms with van der Waals surface area (Å²) in [5, 5.41) is 2.11. The van der Waals surface area contributed by atoms with Gasteiger partial charge in [-0.15, -0.1) is 22.7 Å². The number of nitrogens with zero attached hydrogens (tertiary/aromatic N) is 1. The fourth-order valence-corrected chi connectivity index (χ4v) is 4.15. The normalized spacial score (nSPS) is 13.2. The van der Waals surface area contributed by atoms with Gasteiger partial charge in [-0.25, -0.2) is 0 Å². The van der Waals surface area contributed by atoms with E-state index >= 15 is 0 Å². The minimum absolute atomic E-state index is 0.299. The van der Waals surface area contributed by atoms with Crippen LogP contribution in [0.15, 0.2) is 33.4 Å². The lowest BCUT2D eigenvalue weighted by atomic mass is 10.2. The second-order valence-electron chi connectivity index (χ2n) is 3.89. The highest BCUT2D eigenvalue weighted by atomic mass is 79.9. The molecule has 0 aliphatic rings. The summed E-state index contributed by atoms with van der Waals surface area (Å²) in [7, 11) is 2.13. The molecule has 92 valence electrons. The van der Waals surface area contributed by atoms with Crippen LogP contribution < -0.4 is 5.73 Å². The quantitative estimate of drug-likeness (QED) is 0.905. The largest absolute Gasteiger partial charge is 0.329 e. The van der Waals surface area contributed by atoms with Crippen LogP contribution >= 0.6 is 38.6 Å². The van der Waals surface area contributed by atoms with Gasteiger partial charge in [0.1, 0.15) is 0 Å². The summed E-state index contributed by atoms with van der Waals surface area (Å²) in [5.74, 6) is 0. The van der Waals surface area contributed by atoms with Crippen molar-refractivity contribution in [2.45, 2.75) is 12.6 Å². The summed E-state index contributed by atoms with van der Waals surface area (Å²) in [6.07, 6.45) is 0. The van der Waals surface area contributed by atoms with Gasteiger partial charge in [-0.3, -0.25) is 4.90 Å². The van der Waals surface area contributed by atoms with E-state index in [-0.39, 0.29) is 0 Å². The van der Waals surface area contributed by atoms with Crippen molar-refractivity contribution >= 4 is 38.6 Å². The molecule has 0 amide bonds. The highest BCUT2D eigenvalue weighted by Crippen LogP contribution is 2.30. The van der Waals surface area contributed by atoms with E-state index < -0.39 is 0 Å². The molecular formula is C12H15BrN2S2. The molecule has 0 spiro atoms. The van der Waals surface area contributed by atoms with Crippen molar-refractivity contribution in [1.82, 2.24) is 4.90 Å². The van der Waals surface area contributed by atoms with Gasteiger partial charge in [0.05, 0.1) is 9.83 Å². The van der Waals surface area contributed by atoms with Gasteiger partial charge >= 0.3 is 0 Å². The van der Waals surface area contributed by atoms with Crippen LogP contribution in [0.1, 0.15) is 15.8 Å². The van der Waals surface area contributed by atoms with Crippen molar-refractivity contribution in [2.75, 3.05) is 13.6 Å². The summed E-state index contributed by atoms with van der Waals surface area (Å²) < 4.78 is 1.16. The third-order valence-corrected chi connectivity index (χ3v) is 5.25. The topological polar surface area (TPSA) is 29.3 Å². The fourth-order valence-electron chi connectivity index (χ4n) is 1.78. The van der Waals surface area contributed by atoms with E-state index in [9.17, 15) is 0 Å². The maximum atomic E-state index is 5.90.